The molecule has 0 rings (SSSR count). The van der Waals surface area contributed by atoms with Gasteiger partial charge in [-0.3, -0.25) is 4.90 Å². The largest absolute Gasteiger partial charge is 0.394 e. The fraction of sp³-hybridized carbons (Fsp3) is 1.00. The molecule has 0 aromatic rings. The van der Waals surface area contributed by atoms with E-state index in [2.05, 4.69) is 27.7 Å². The molecule has 0 aliphatic heterocycles. The maximum absolute atomic E-state index is 9.64. The molecule has 0 heterocycles. The van der Waals surface area contributed by atoms with E-state index in [1.165, 1.54) is 0 Å². The lowest BCUT2D eigenvalue weighted by atomic mass is 9.92. The Kier molecular flexibility index (Phi) is 9.56. The molecule has 0 saturated carbocycles. The summed E-state index contributed by atoms with van der Waals surface area (Å²) in [6.07, 6.45) is -0.688. The van der Waals surface area contributed by atoms with Crippen LogP contribution in [-0.4, -0.2) is 69.9 Å². The second-order valence-corrected chi connectivity index (χ2v) is 6.07. The van der Waals surface area contributed by atoms with Crippen molar-refractivity contribution >= 4 is 0 Å². The fourth-order valence-corrected chi connectivity index (χ4v) is 2.33. The highest BCUT2D eigenvalue weighted by molar-refractivity contribution is 4.80. The van der Waals surface area contributed by atoms with Crippen LogP contribution >= 0.6 is 0 Å². The molecule has 0 aromatic heterocycles. The van der Waals surface area contributed by atoms with Crippen molar-refractivity contribution in [3.8, 4) is 0 Å². The summed E-state index contributed by atoms with van der Waals surface area (Å²) >= 11 is 0. The third-order valence-corrected chi connectivity index (χ3v) is 3.26. The summed E-state index contributed by atoms with van der Waals surface area (Å²) in [5.41, 5.74) is 0. The molecule has 19 heavy (non-hydrogen) atoms. The number of aliphatic hydroxyl groups is 4. The van der Waals surface area contributed by atoms with E-state index in [0.29, 0.717) is 24.9 Å². The molecule has 0 amide bonds. The van der Waals surface area contributed by atoms with E-state index in [9.17, 15) is 10.2 Å². The number of rotatable bonds is 10. The van der Waals surface area contributed by atoms with Crippen molar-refractivity contribution in [3.05, 3.63) is 0 Å². The van der Waals surface area contributed by atoms with Crippen LogP contribution in [0.4, 0.5) is 0 Å². The molecule has 0 aromatic carbocycles. The van der Waals surface area contributed by atoms with Crippen LogP contribution in [0.1, 0.15) is 34.1 Å². The lowest BCUT2D eigenvalue weighted by molar-refractivity contribution is -0.00569. The first-order valence-electron chi connectivity index (χ1n) is 7.13. The molecule has 3 unspecified atom stereocenters. The van der Waals surface area contributed by atoms with Crippen molar-refractivity contribution in [1.82, 2.24) is 4.90 Å². The van der Waals surface area contributed by atoms with Crippen LogP contribution < -0.4 is 0 Å². The Balaban J connectivity index is 4.81. The van der Waals surface area contributed by atoms with Crippen LogP contribution in [0.2, 0.25) is 0 Å². The maximum atomic E-state index is 9.64. The lowest BCUT2D eigenvalue weighted by Crippen LogP contribution is -2.48. The van der Waals surface area contributed by atoms with Gasteiger partial charge in [0.25, 0.3) is 0 Å². The monoisotopic (exact) mass is 277 g/mol. The van der Waals surface area contributed by atoms with Gasteiger partial charge >= 0.3 is 0 Å². The van der Waals surface area contributed by atoms with Gasteiger partial charge in [0.1, 0.15) is 0 Å². The number of nitrogens with zero attached hydrogens (tertiary/aromatic N) is 1. The quantitative estimate of drug-likeness (QED) is 0.454. The minimum absolute atomic E-state index is 0.211. The van der Waals surface area contributed by atoms with E-state index in [1.807, 2.05) is 4.90 Å². The summed E-state index contributed by atoms with van der Waals surface area (Å²) in [6, 6.07) is 0.211. The molecule has 4 N–H and O–H groups in total. The first-order valence-corrected chi connectivity index (χ1v) is 7.13. The number of hydrogen-bond acceptors (Lipinski definition) is 5. The SMILES string of the molecule is CC(C)CC(C(C)C)N(CC(O)CO)CC(O)CO. The maximum Gasteiger partial charge on any atom is 0.0897 e. The molecule has 0 radical (unpaired) electrons. The highest BCUT2D eigenvalue weighted by atomic mass is 16.3. The van der Waals surface area contributed by atoms with E-state index in [1.54, 1.807) is 0 Å². The Bertz CT molecular complexity index is 211. The zero-order chi connectivity index (χ0) is 15.0. The smallest absolute Gasteiger partial charge is 0.0897 e. The summed E-state index contributed by atoms with van der Waals surface area (Å²) in [6.45, 7) is 8.52. The van der Waals surface area contributed by atoms with E-state index in [4.69, 9.17) is 10.2 Å². The molecule has 0 aliphatic rings. The minimum Gasteiger partial charge on any atom is -0.394 e. The normalized spacial score (nSPS) is 17.2. The van der Waals surface area contributed by atoms with Gasteiger partial charge < -0.3 is 20.4 Å². The van der Waals surface area contributed by atoms with Crippen LogP contribution in [0, 0.1) is 11.8 Å². The van der Waals surface area contributed by atoms with Crippen molar-refractivity contribution in [2.45, 2.75) is 52.4 Å². The number of hydrogen-bond donors (Lipinski definition) is 4. The van der Waals surface area contributed by atoms with Crippen LogP contribution in [0.5, 0.6) is 0 Å². The van der Waals surface area contributed by atoms with Crippen LogP contribution in [0.3, 0.4) is 0 Å². The van der Waals surface area contributed by atoms with Crippen molar-refractivity contribution in [2.75, 3.05) is 26.3 Å². The van der Waals surface area contributed by atoms with Crippen molar-refractivity contribution < 1.29 is 20.4 Å². The second-order valence-electron chi connectivity index (χ2n) is 6.07. The standard InChI is InChI=1S/C14H31NO4/c1-10(2)5-14(11(3)4)15(6-12(18)8-16)7-13(19)9-17/h10-14,16-19H,5-9H2,1-4H3. The Labute approximate surface area is 116 Å². The van der Waals surface area contributed by atoms with Gasteiger partial charge in [0, 0.05) is 19.1 Å². The molecule has 5 nitrogen and oxygen atoms in total. The molecule has 0 saturated heterocycles. The Morgan fingerprint density at radius 3 is 1.53 bits per heavy atom. The Hall–Kier alpha value is -0.200. The van der Waals surface area contributed by atoms with Crippen molar-refractivity contribution in [1.29, 1.82) is 0 Å². The summed E-state index contributed by atoms with van der Waals surface area (Å²) in [5.74, 6) is 0.881. The molecule has 0 bridgehead atoms. The van der Waals surface area contributed by atoms with Gasteiger partial charge in [-0.2, -0.15) is 0 Å². The van der Waals surface area contributed by atoms with Crippen molar-refractivity contribution in [3.63, 3.8) is 0 Å². The van der Waals surface area contributed by atoms with E-state index in [0.717, 1.165) is 6.42 Å². The lowest BCUT2D eigenvalue weighted by Gasteiger charge is -2.37. The molecule has 3 atom stereocenters. The summed E-state index contributed by atoms with van der Waals surface area (Å²) < 4.78 is 0. The summed E-state index contributed by atoms with van der Waals surface area (Å²) in [4.78, 5) is 1.98. The van der Waals surface area contributed by atoms with E-state index >= 15 is 0 Å². The molecule has 5 heteroatoms. The van der Waals surface area contributed by atoms with E-state index < -0.39 is 12.2 Å². The van der Waals surface area contributed by atoms with Gasteiger partial charge in [-0.25, -0.2) is 0 Å². The molecule has 116 valence electrons. The van der Waals surface area contributed by atoms with Gasteiger partial charge in [-0.05, 0) is 18.3 Å². The second kappa shape index (κ2) is 9.66. The molecule has 0 fully saturated rings. The van der Waals surface area contributed by atoms with Gasteiger partial charge in [0.2, 0.25) is 0 Å². The fourth-order valence-electron chi connectivity index (χ4n) is 2.33. The Morgan fingerprint density at radius 2 is 1.26 bits per heavy atom. The zero-order valence-corrected chi connectivity index (χ0v) is 12.7. The molecular formula is C14H31NO4. The van der Waals surface area contributed by atoms with Gasteiger partial charge in [0.05, 0.1) is 25.4 Å². The predicted octanol–water partition coefficient (Wildman–Crippen LogP) is 0.0655. The molecular weight excluding hydrogens is 246 g/mol. The minimum atomic E-state index is -0.820. The van der Waals surface area contributed by atoms with Gasteiger partial charge in [0.15, 0.2) is 0 Å². The van der Waals surface area contributed by atoms with Crippen molar-refractivity contribution in [2.24, 2.45) is 11.8 Å². The zero-order valence-electron chi connectivity index (χ0n) is 12.7. The topological polar surface area (TPSA) is 84.2 Å². The Morgan fingerprint density at radius 1 is 0.842 bits per heavy atom. The highest BCUT2D eigenvalue weighted by Gasteiger charge is 2.26. The average molecular weight is 277 g/mol. The molecule has 0 spiro atoms. The van der Waals surface area contributed by atoms with Gasteiger partial charge in [-0.15, -0.1) is 0 Å². The third kappa shape index (κ3) is 7.84. The van der Waals surface area contributed by atoms with Gasteiger partial charge in [-0.1, -0.05) is 27.7 Å². The average Bonchev–Trinajstić information content (AvgIpc) is 2.34. The predicted molar refractivity (Wildman–Crippen MR) is 75.8 cm³/mol. The summed E-state index contributed by atoms with van der Waals surface area (Å²) in [5, 5.41) is 37.3. The summed E-state index contributed by atoms with van der Waals surface area (Å²) in [7, 11) is 0. The number of aliphatic hydroxyl groups excluding tert-OH is 4. The first kappa shape index (κ1) is 18.8. The third-order valence-electron chi connectivity index (χ3n) is 3.26. The van der Waals surface area contributed by atoms with Crippen LogP contribution in [-0.2, 0) is 0 Å². The highest BCUT2D eigenvalue weighted by Crippen LogP contribution is 2.20. The van der Waals surface area contributed by atoms with Crippen LogP contribution in [0.25, 0.3) is 0 Å². The molecule has 0 aliphatic carbocycles. The first-order chi connectivity index (χ1) is 8.81. The van der Waals surface area contributed by atoms with E-state index in [-0.39, 0.29) is 19.3 Å². The van der Waals surface area contributed by atoms with Crippen LogP contribution in [0.15, 0.2) is 0 Å².